The summed E-state index contributed by atoms with van der Waals surface area (Å²) in [5.74, 6) is 2.61. The predicted octanol–water partition coefficient (Wildman–Crippen LogP) is 2.50. The largest absolute Gasteiger partial charge is 0.320 e. The molecule has 0 radical (unpaired) electrons. The van der Waals surface area contributed by atoms with Gasteiger partial charge >= 0.3 is 5.69 Å². The molecule has 94 valence electrons. The number of thioether (sulfide) groups is 1. The number of nitro groups is 1. The van der Waals surface area contributed by atoms with Gasteiger partial charge in [-0.25, -0.2) is 4.39 Å². The number of hydrogen-bond donors (Lipinski definition) is 0. The lowest BCUT2D eigenvalue weighted by Crippen LogP contribution is -1.97. The number of carbonyl (C=O) groups excluding carboxylic acids is 1. The summed E-state index contributed by atoms with van der Waals surface area (Å²) in [5, 5.41) is 10.4. The third kappa shape index (κ3) is 3.82. The standard InChI is InChI=1S/C11H7F2NO3S/c1-7(15)18-4-2-3-8-5-9(12)6-10(13)11(8)14(16)17/h5-6H,4H2,1H3. The lowest BCUT2D eigenvalue weighted by atomic mass is 10.1. The normalized spacial score (nSPS) is 9.50. The van der Waals surface area contributed by atoms with Crippen molar-refractivity contribution in [3.05, 3.63) is 39.4 Å². The minimum absolute atomic E-state index is 0.102. The average molecular weight is 271 g/mol. The van der Waals surface area contributed by atoms with E-state index in [2.05, 4.69) is 11.8 Å². The van der Waals surface area contributed by atoms with Gasteiger partial charge < -0.3 is 0 Å². The third-order valence-corrected chi connectivity index (χ3v) is 2.48. The Hall–Kier alpha value is -1.94. The van der Waals surface area contributed by atoms with Crippen molar-refractivity contribution in [1.29, 1.82) is 0 Å². The molecule has 1 rings (SSSR count). The summed E-state index contributed by atoms with van der Waals surface area (Å²) in [6, 6.07) is 1.21. The predicted molar refractivity (Wildman–Crippen MR) is 63.0 cm³/mol. The average Bonchev–Trinajstić information content (AvgIpc) is 2.22. The molecule has 0 aliphatic carbocycles. The molecular formula is C11H7F2NO3S. The van der Waals surface area contributed by atoms with Crippen molar-refractivity contribution in [3.8, 4) is 11.8 Å². The van der Waals surface area contributed by atoms with Gasteiger partial charge in [-0.05, 0) is 6.07 Å². The van der Waals surface area contributed by atoms with Crippen molar-refractivity contribution in [2.45, 2.75) is 6.92 Å². The topological polar surface area (TPSA) is 60.2 Å². The van der Waals surface area contributed by atoms with Gasteiger partial charge in [0.15, 0.2) is 5.12 Å². The maximum Gasteiger partial charge on any atom is 0.320 e. The van der Waals surface area contributed by atoms with Crippen LogP contribution in [0.1, 0.15) is 12.5 Å². The maximum absolute atomic E-state index is 13.2. The van der Waals surface area contributed by atoms with Crippen LogP contribution in [0.2, 0.25) is 0 Å². The molecule has 0 unspecified atom stereocenters. The number of nitro benzene ring substituents is 1. The second kappa shape index (κ2) is 6.12. The van der Waals surface area contributed by atoms with Gasteiger partial charge in [0.25, 0.3) is 0 Å². The fraction of sp³-hybridized carbons (Fsp3) is 0.182. The van der Waals surface area contributed by atoms with E-state index in [0.29, 0.717) is 6.07 Å². The van der Waals surface area contributed by atoms with Gasteiger partial charge in [-0.15, -0.1) is 0 Å². The lowest BCUT2D eigenvalue weighted by molar-refractivity contribution is -0.387. The Morgan fingerprint density at radius 1 is 1.50 bits per heavy atom. The Morgan fingerprint density at radius 2 is 2.17 bits per heavy atom. The summed E-state index contributed by atoms with van der Waals surface area (Å²) in [4.78, 5) is 20.3. The van der Waals surface area contributed by atoms with Crippen LogP contribution < -0.4 is 0 Å². The van der Waals surface area contributed by atoms with Gasteiger partial charge in [0.1, 0.15) is 11.4 Å². The van der Waals surface area contributed by atoms with Gasteiger partial charge in [0.05, 0.1) is 10.7 Å². The van der Waals surface area contributed by atoms with Crippen LogP contribution in [0, 0.1) is 33.6 Å². The number of hydrogen-bond acceptors (Lipinski definition) is 4. The monoisotopic (exact) mass is 271 g/mol. The van der Waals surface area contributed by atoms with Crippen molar-refractivity contribution in [1.82, 2.24) is 0 Å². The molecule has 0 heterocycles. The number of benzene rings is 1. The second-order valence-electron chi connectivity index (χ2n) is 3.12. The molecule has 7 heteroatoms. The molecule has 1 aromatic rings. The van der Waals surface area contributed by atoms with Crippen molar-refractivity contribution >= 4 is 22.6 Å². The van der Waals surface area contributed by atoms with E-state index in [0.717, 1.165) is 17.8 Å². The lowest BCUT2D eigenvalue weighted by Gasteiger charge is -1.97. The molecule has 0 atom stereocenters. The molecule has 0 aliphatic heterocycles. The highest BCUT2D eigenvalue weighted by Crippen LogP contribution is 2.23. The smallest absolute Gasteiger partial charge is 0.288 e. The first-order valence-corrected chi connectivity index (χ1v) is 5.66. The van der Waals surface area contributed by atoms with E-state index in [1.165, 1.54) is 6.92 Å². The van der Waals surface area contributed by atoms with E-state index in [4.69, 9.17) is 0 Å². The Labute approximate surface area is 106 Å². The minimum atomic E-state index is -1.27. The zero-order chi connectivity index (χ0) is 13.7. The Kier molecular flexibility index (Phi) is 4.80. The molecule has 0 saturated heterocycles. The first-order chi connectivity index (χ1) is 8.41. The first-order valence-electron chi connectivity index (χ1n) is 4.67. The van der Waals surface area contributed by atoms with Gasteiger partial charge in [-0.2, -0.15) is 4.39 Å². The fourth-order valence-electron chi connectivity index (χ4n) is 1.12. The molecule has 0 aromatic heterocycles. The molecule has 18 heavy (non-hydrogen) atoms. The van der Waals surface area contributed by atoms with Crippen molar-refractivity contribution < 1.29 is 18.5 Å². The van der Waals surface area contributed by atoms with Gasteiger partial charge in [-0.3, -0.25) is 14.9 Å². The minimum Gasteiger partial charge on any atom is -0.288 e. The first kappa shape index (κ1) is 14.1. The van der Waals surface area contributed by atoms with Crippen LogP contribution >= 0.6 is 11.8 Å². The summed E-state index contributed by atoms with van der Waals surface area (Å²) in [5.41, 5.74) is -1.21. The molecule has 0 spiro atoms. The van der Waals surface area contributed by atoms with Gasteiger partial charge in [0.2, 0.25) is 5.82 Å². The van der Waals surface area contributed by atoms with Crippen LogP contribution in [-0.4, -0.2) is 15.8 Å². The highest BCUT2D eigenvalue weighted by molar-refractivity contribution is 8.13. The van der Waals surface area contributed by atoms with E-state index in [-0.39, 0.29) is 16.4 Å². The Balaban J connectivity index is 3.07. The molecule has 4 nitrogen and oxygen atoms in total. The zero-order valence-electron chi connectivity index (χ0n) is 9.20. The van der Waals surface area contributed by atoms with Crippen LogP contribution in [0.15, 0.2) is 12.1 Å². The van der Waals surface area contributed by atoms with Gasteiger partial charge in [0, 0.05) is 13.0 Å². The molecule has 0 N–H and O–H groups in total. The van der Waals surface area contributed by atoms with Crippen LogP contribution in [0.4, 0.5) is 14.5 Å². The van der Waals surface area contributed by atoms with Crippen molar-refractivity contribution in [2.24, 2.45) is 0 Å². The molecule has 0 amide bonds. The van der Waals surface area contributed by atoms with Crippen LogP contribution in [0.5, 0.6) is 0 Å². The number of nitrogens with zero attached hydrogens (tertiary/aromatic N) is 1. The summed E-state index contributed by atoms with van der Waals surface area (Å²) >= 11 is 0.903. The molecule has 1 aromatic carbocycles. The zero-order valence-corrected chi connectivity index (χ0v) is 10.0. The van der Waals surface area contributed by atoms with E-state index in [1.807, 2.05) is 0 Å². The summed E-state index contributed by atoms with van der Waals surface area (Å²) in [7, 11) is 0. The molecule has 0 fully saturated rings. The van der Waals surface area contributed by atoms with E-state index in [9.17, 15) is 23.7 Å². The number of halogens is 2. The summed E-state index contributed by atoms with van der Waals surface area (Å²) in [6.07, 6.45) is 0. The Morgan fingerprint density at radius 3 is 2.72 bits per heavy atom. The van der Waals surface area contributed by atoms with Crippen molar-refractivity contribution in [2.75, 3.05) is 5.75 Å². The molecule has 0 bridgehead atoms. The summed E-state index contributed by atoms with van der Waals surface area (Å²) < 4.78 is 26.1. The fourth-order valence-corrected chi connectivity index (χ4v) is 1.46. The molecule has 0 saturated carbocycles. The molecule has 0 aliphatic rings. The van der Waals surface area contributed by atoms with Gasteiger partial charge in [-0.1, -0.05) is 23.6 Å². The van der Waals surface area contributed by atoms with E-state index >= 15 is 0 Å². The number of carbonyl (C=O) groups is 1. The van der Waals surface area contributed by atoms with E-state index < -0.39 is 22.2 Å². The van der Waals surface area contributed by atoms with Crippen LogP contribution in [-0.2, 0) is 4.79 Å². The van der Waals surface area contributed by atoms with E-state index in [1.54, 1.807) is 0 Å². The van der Waals surface area contributed by atoms with Crippen molar-refractivity contribution in [3.63, 3.8) is 0 Å². The Bertz CT molecular complexity index is 563. The van der Waals surface area contributed by atoms with Crippen LogP contribution in [0.25, 0.3) is 0 Å². The second-order valence-corrected chi connectivity index (χ2v) is 4.28. The summed E-state index contributed by atoms with van der Waals surface area (Å²) in [6.45, 7) is 1.34. The molecular weight excluding hydrogens is 264 g/mol. The third-order valence-electron chi connectivity index (χ3n) is 1.78. The highest BCUT2D eigenvalue weighted by atomic mass is 32.2. The van der Waals surface area contributed by atoms with Crippen LogP contribution in [0.3, 0.4) is 0 Å². The quantitative estimate of drug-likeness (QED) is 0.471. The SMILES string of the molecule is CC(=O)SCC#Cc1cc(F)cc(F)c1[N+](=O)[O-]. The number of rotatable bonds is 2. The highest BCUT2D eigenvalue weighted by Gasteiger charge is 2.20. The maximum atomic E-state index is 13.2.